The van der Waals surface area contributed by atoms with Gasteiger partial charge in [-0.3, -0.25) is 5.10 Å². The number of rotatable bonds is 3. The van der Waals surface area contributed by atoms with E-state index in [1.54, 1.807) is 6.20 Å². The maximum absolute atomic E-state index is 4.39. The van der Waals surface area contributed by atoms with Crippen LogP contribution in [-0.2, 0) is 6.42 Å². The van der Waals surface area contributed by atoms with Gasteiger partial charge in [-0.2, -0.15) is 5.10 Å². The molecule has 0 unspecified atom stereocenters. The zero-order valence-electron chi connectivity index (χ0n) is 8.99. The zero-order valence-corrected chi connectivity index (χ0v) is 8.99. The summed E-state index contributed by atoms with van der Waals surface area (Å²) in [7, 11) is 0. The van der Waals surface area contributed by atoms with Crippen molar-refractivity contribution in [2.75, 3.05) is 0 Å². The number of aryl methyl sites for hydroxylation is 2. The highest BCUT2D eigenvalue weighted by Crippen LogP contribution is 2.15. The summed E-state index contributed by atoms with van der Waals surface area (Å²) in [6.45, 7) is 4.06. The van der Waals surface area contributed by atoms with E-state index >= 15 is 0 Å². The highest BCUT2D eigenvalue weighted by Gasteiger charge is 2.04. The fourth-order valence-corrected chi connectivity index (χ4v) is 1.55. The number of nitrogens with one attached hydrogen (secondary N) is 1. The lowest BCUT2D eigenvalue weighted by atomic mass is 10.2. The Hall–Kier alpha value is -1.71. The third kappa shape index (κ3) is 2.21. The Labute approximate surface area is 88.8 Å². The molecule has 15 heavy (non-hydrogen) atoms. The monoisotopic (exact) mass is 202 g/mol. The smallest absolute Gasteiger partial charge is 0.126 e. The van der Waals surface area contributed by atoms with Crippen LogP contribution in [-0.4, -0.2) is 20.2 Å². The van der Waals surface area contributed by atoms with Crippen LogP contribution in [0.5, 0.6) is 0 Å². The minimum absolute atomic E-state index is 0.811. The third-order valence-corrected chi connectivity index (χ3v) is 2.17. The van der Waals surface area contributed by atoms with Gasteiger partial charge in [0.1, 0.15) is 5.82 Å². The van der Waals surface area contributed by atoms with E-state index in [0.717, 1.165) is 35.7 Å². The zero-order chi connectivity index (χ0) is 10.7. The Morgan fingerprint density at radius 1 is 1.33 bits per heavy atom. The standard InChI is InChI=1S/C11H14N4/c1-3-4-9-7-11(14-8(2)13-9)10-5-6-12-15-10/h5-7H,3-4H2,1-2H3,(H,12,15). The van der Waals surface area contributed by atoms with Gasteiger partial charge >= 0.3 is 0 Å². The summed E-state index contributed by atoms with van der Waals surface area (Å²) in [4.78, 5) is 8.76. The number of aromatic amines is 1. The van der Waals surface area contributed by atoms with E-state index in [0.29, 0.717) is 0 Å². The largest absolute Gasteiger partial charge is 0.276 e. The van der Waals surface area contributed by atoms with E-state index in [9.17, 15) is 0 Å². The van der Waals surface area contributed by atoms with E-state index in [2.05, 4.69) is 27.1 Å². The van der Waals surface area contributed by atoms with E-state index in [-0.39, 0.29) is 0 Å². The van der Waals surface area contributed by atoms with E-state index in [4.69, 9.17) is 0 Å². The summed E-state index contributed by atoms with van der Waals surface area (Å²) in [5.74, 6) is 0.811. The van der Waals surface area contributed by atoms with Gasteiger partial charge in [-0.1, -0.05) is 13.3 Å². The summed E-state index contributed by atoms with van der Waals surface area (Å²) in [5, 5.41) is 6.83. The SMILES string of the molecule is CCCc1cc(-c2ccn[nH]2)nc(C)n1. The molecule has 0 radical (unpaired) electrons. The number of aromatic nitrogens is 4. The molecule has 0 bridgehead atoms. The lowest BCUT2D eigenvalue weighted by Crippen LogP contribution is -1.97. The maximum Gasteiger partial charge on any atom is 0.126 e. The average Bonchev–Trinajstić information content (AvgIpc) is 2.70. The van der Waals surface area contributed by atoms with E-state index in [1.165, 1.54) is 0 Å². The number of H-pyrrole nitrogens is 1. The Morgan fingerprint density at radius 3 is 2.87 bits per heavy atom. The average molecular weight is 202 g/mol. The van der Waals surface area contributed by atoms with E-state index in [1.807, 2.05) is 19.1 Å². The van der Waals surface area contributed by atoms with Crippen molar-refractivity contribution in [2.24, 2.45) is 0 Å². The second-order valence-electron chi connectivity index (χ2n) is 3.51. The molecule has 0 aliphatic carbocycles. The van der Waals surface area contributed by atoms with Gasteiger partial charge in [-0.15, -0.1) is 0 Å². The predicted octanol–water partition coefficient (Wildman–Crippen LogP) is 2.13. The molecule has 2 heterocycles. The molecular weight excluding hydrogens is 188 g/mol. The van der Waals surface area contributed by atoms with E-state index < -0.39 is 0 Å². The number of hydrogen-bond acceptors (Lipinski definition) is 3. The van der Waals surface area contributed by atoms with Crippen molar-refractivity contribution in [3.8, 4) is 11.4 Å². The van der Waals surface area contributed by atoms with Crippen LogP contribution < -0.4 is 0 Å². The van der Waals surface area contributed by atoms with Crippen LogP contribution in [0.25, 0.3) is 11.4 Å². The summed E-state index contributed by atoms with van der Waals surface area (Å²) in [6.07, 6.45) is 3.82. The van der Waals surface area contributed by atoms with Gasteiger partial charge in [0.2, 0.25) is 0 Å². The van der Waals surface area contributed by atoms with Crippen molar-refractivity contribution in [3.63, 3.8) is 0 Å². The molecule has 0 saturated heterocycles. The van der Waals surface area contributed by atoms with Crippen LogP contribution in [0.2, 0.25) is 0 Å². The Kier molecular flexibility index (Phi) is 2.76. The van der Waals surface area contributed by atoms with Crippen LogP contribution in [0, 0.1) is 6.92 Å². The predicted molar refractivity (Wildman–Crippen MR) is 58.3 cm³/mol. The molecule has 0 atom stereocenters. The highest BCUT2D eigenvalue weighted by molar-refractivity contribution is 5.53. The van der Waals surface area contributed by atoms with Crippen molar-refractivity contribution in [1.29, 1.82) is 0 Å². The molecule has 0 saturated carbocycles. The van der Waals surface area contributed by atoms with Crippen LogP contribution in [0.15, 0.2) is 18.3 Å². The molecule has 4 nitrogen and oxygen atoms in total. The van der Waals surface area contributed by atoms with Crippen molar-refractivity contribution in [1.82, 2.24) is 20.2 Å². The molecule has 2 aromatic rings. The van der Waals surface area contributed by atoms with Crippen molar-refractivity contribution >= 4 is 0 Å². The second kappa shape index (κ2) is 4.21. The maximum atomic E-state index is 4.39. The Morgan fingerprint density at radius 2 is 2.20 bits per heavy atom. The number of hydrogen-bond donors (Lipinski definition) is 1. The van der Waals surface area contributed by atoms with Gasteiger partial charge in [0.25, 0.3) is 0 Å². The molecular formula is C11H14N4. The molecule has 2 rings (SSSR count). The van der Waals surface area contributed by atoms with Crippen LogP contribution in [0.1, 0.15) is 24.9 Å². The molecule has 78 valence electrons. The fraction of sp³-hybridized carbons (Fsp3) is 0.364. The minimum atomic E-state index is 0.811. The van der Waals surface area contributed by atoms with Crippen molar-refractivity contribution in [3.05, 3.63) is 29.8 Å². The van der Waals surface area contributed by atoms with Crippen LogP contribution in [0.3, 0.4) is 0 Å². The molecule has 1 N–H and O–H groups in total. The molecule has 0 aliphatic heterocycles. The summed E-state index contributed by atoms with van der Waals surface area (Å²) < 4.78 is 0. The first-order valence-corrected chi connectivity index (χ1v) is 5.14. The molecule has 0 aromatic carbocycles. The topological polar surface area (TPSA) is 54.5 Å². The lowest BCUT2D eigenvalue weighted by molar-refractivity contribution is 0.857. The number of nitrogens with zero attached hydrogens (tertiary/aromatic N) is 3. The fourth-order valence-electron chi connectivity index (χ4n) is 1.55. The highest BCUT2D eigenvalue weighted by atomic mass is 15.1. The summed E-state index contributed by atoms with van der Waals surface area (Å²) in [6, 6.07) is 3.93. The molecule has 0 amide bonds. The molecule has 0 spiro atoms. The first-order valence-electron chi connectivity index (χ1n) is 5.14. The molecule has 2 aromatic heterocycles. The third-order valence-electron chi connectivity index (χ3n) is 2.17. The van der Waals surface area contributed by atoms with Crippen molar-refractivity contribution in [2.45, 2.75) is 26.7 Å². The van der Waals surface area contributed by atoms with Gasteiger partial charge < -0.3 is 0 Å². The van der Waals surface area contributed by atoms with Crippen LogP contribution >= 0.6 is 0 Å². The lowest BCUT2D eigenvalue weighted by Gasteiger charge is -2.03. The van der Waals surface area contributed by atoms with Gasteiger partial charge in [0, 0.05) is 11.9 Å². The Bertz CT molecular complexity index is 434. The second-order valence-corrected chi connectivity index (χ2v) is 3.51. The van der Waals surface area contributed by atoms with Gasteiger partial charge in [-0.25, -0.2) is 9.97 Å². The molecule has 0 fully saturated rings. The molecule has 4 heteroatoms. The van der Waals surface area contributed by atoms with Gasteiger partial charge in [-0.05, 0) is 25.5 Å². The quantitative estimate of drug-likeness (QED) is 0.829. The van der Waals surface area contributed by atoms with Crippen molar-refractivity contribution < 1.29 is 0 Å². The first kappa shape index (κ1) is 9.83. The summed E-state index contributed by atoms with van der Waals surface area (Å²) in [5.41, 5.74) is 2.95. The Balaban J connectivity index is 2.40. The summed E-state index contributed by atoms with van der Waals surface area (Å²) >= 11 is 0. The van der Waals surface area contributed by atoms with Crippen LogP contribution in [0.4, 0.5) is 0 Å². The molecule has 0 aliphatic rings. The normalized spacial score (nSPS) is 10.5. The van der Waals surface area contributed by atoms with Gasteiger partial charge in [0.05, 0.1) is 11.4 Å². The minimum Gasteiger partial charge on any atom is -0.276 e. The van der Waals surface area contributed by atoms with Gasteiger partial charge in [0.15, 0.2) is 0 Å². The first-order chi connectivity index (χ1) is 7.29.